The van der Waals surface area contributed by atoms with Gasteiger partial charge in [0.05, 0.1) is 12.3 Å². The van der Waals surface area contributed by atoms with Crippen molar-refractivity contribution < 1.29 is 4.42 Å². The monoisotopic (exact) mass is 236 g/mol. The third-order valence-electron chi connectivity index (χ3n) is 3.91. The quantitative estimate of drug-likeness (QED) is 0.871. The van der Waals surface area contributed by atoms with Crippen LogP contribution in [0.3, 0.4) is 0 Å². The third-order valence-corrected chi connectivity index (χ3v) is 3.91. The highest BCUT2D eigenvalue weighted by molar-refractivity contribution is 5.04. The predicted molar refractivity (Wildman–Crippen MR) is 69.9 cm³/mol. The Morgan fingerprint density at radius 1 is 1.59 bits per heavy atom. The molecule has 3 heteroatoms. The van der Waals surface area contributed by atoms with Gasteiger partial charge < -0.3 is 9.73 Å². The average molecular weight is 236 g/mol. The summed E-state index contributed by atoms with van der Waals surface area (Å²) in [6.45, 7) is 10.1. The zero-order valence-corrected chi connectivity index (χ0v) is 11.1. The molecule has 1 aromatic heterocycles. The molecule has 2 heterocycles. The van der Waals surface area contributed by atoms with E-state index in [1.165, 1.54) is 6.42 Å². The first-order valence-corrected chi connectivity index (χ1v) is 6.73. The Balaban J connectivity index is 1.93. The summed E-state index contributed by atoms with van der Waals surface area (Å²) in [6.07, 6.45) is 3.00. The Hall–Kier alpha value is -0.800. The standard InChI is InChI=1S/C14H24N2O/c1-4-15-13-7-8-16(10-11(13)2)12(3)14-6-5-9-17-14/h5-6,9,11-13,15H,4,7-8,10H2,1-3H3. The van der Waals surface area contributed by atoms with Crippen LogP contribution in [0.15, 0.2) is 22.8 Å². The SMILES string of the molecule is CCNC1CCN(C(C)c2ccco2)CC1C. The molecule has 3 nitrogen and oxygen atoms in total. The van der Waals surface area contributed by atoms with Crippen LogP contribution in [0.2, 0.25) is 0 Å². The van der Waals surface area contributed by atoms with Gasteiger partial charge in [0.1, 0.15) is 5.76 Å². The Morgan fingerprint density at radius 3 is 3.00 bits per heavy atom. The molecule has 1 aliphatic rings. The number of hydrogen-bond acceptors (Lipinski definition) is 3. The Morgan fingerprint density at radius 2 is 2.41 bits per heavy atom. The highest BCUT2D eigenvalue weighted by atomic mass is 16.3. The second kappa shape index (κ2) is 5.69. The van der Waals surface area contributed by atoms with E-state index in [0.717, 1.165) is 25.4 Å². The normalized spacial score (nSPS) is 28.2. The molecule has 0 aliphatic carbocycles. The van der Waals surface area contributed by atoms with Crippen LogP contribution >= 0.6 is 0 Å². The van der Waals surface area contributed by atoms with E-state index in [9.17, 15) is 0 Å². The molecule has 0 aromatic carbocycles. The van der Waals surface area contributed by atoms with Gasteiger partial charge in [0.2, 0.25) is 0 Å². The van der Waals surface area contributed by atoms with E-state index in [1.807, 2.05) is 6.07 Å². The maximum atomic E-state index is 5.50. The number of furan rings is 1. The van der Waals surface area contributed by atoms with Gasteiger partial charge in [-0.05, 0) is 37.9 Å². The molecule has 3 atom stereocenters. The van der Waals surface area contributed by atoms with E-state index in [2.05, 4.69) is 37.1 Å². The minimum absolute atomic E-state index is 0.398. The van der Waals surface area contributed by atoms with Crippen molar-refractivity contribution in [3.05, 3.63) is 24.2 Å². The lowest BCUT2D eigenvalue weighted by Gasteiger charge is -2.39. The van der Waals surface area contributed by atoms with Gasteiger partial charge in [0, 0.05) is 19.1 Å². The first kappa shape index (κ1) is 12.7. The van der Waals surface area contributed by atoms with E-state index < -0.39 is 0 Å². The predicted octanol–water partition coefficient (Wildman–Crippen LogP) is 2.66. The second-order valence-corrected chi connectivity index (χ2v) is 5.12. The van der Waals surface area contributed by atoms with Crippen LogP contribution in [0.4, 0.5) is 0 Å². The molecular weight excluding hydrogens is 212 g/mol. The fraction of sp³-hybridized carbons (Fsp3) is 0.714. The summed E-state index contributed by atoms with van der Waals surface area (Å²) in [5.74, 6) is 1.79. The minimum Gasteiger partial charge on any atom is -0.468 e. The average Bonchev–Trinajstić information content (AvgIpc) is 2.84. The summed E-state index contributed by atoms with van der Waals surface area (Å²) in [5.41, 5.74) is 0. The molecule has 1 fully saturated rings. The van der Waals surface area contributed by atoms with Gasteiger partial charge in [-0.15, -0.1) is 0 Å². The molecule has 17 heavy (non-hydrogen) atoms. The summed E-state index contributed by atoms with van der Waals surface area (Å²) >= 11 is 0. The highest BCUT2D eigenvalue weighted by Gasteiger charge is 2.29. The Bertz CT molecular complexity index is 323. The van der Waals surface area contributed by atoms with Crippen molar-refractivity contribution in [2.45, 2.75) is 39.3 Å². The van der Waals surface area contributed by atoms with Crippen molar-refractivity contribution >= 4 is 0 Å². The van der Waals surface area contributed by atoms with Gasteiger partial charge in [-0.1, -0.05) is 13.8 Å². The number of rotatable bonds is 4. The summed E-state index contributed by atoms with van der Waals surface area (Å²) < 4.78 is 5.50. The molecule has 0 radical (unpaired) electrons. The van der Waals surface area contributed by atoms with E-state index in [4.69, 9.17) is 4.42 Å². The number of nitrogens with zero attached hydrogens (tertiary/aromatic N) is 1. The Kier molecular flexibility index (Phi) is 4.24. The fourth-order valence-corrected chi connectivity index (χ4v) is 2.80. The topological polar surface area (TPSA) is 28.4 Å². The van der Waals surface area contributed by atoms with Crippen LogP contribution < -0.4 is 5.32 Å². The molecule has 0 spiro atoms. The van der Waals surface area contributed by atoms with Crippen molar-refractivity contribution in [2.75, 3.05) is 19.6 Å². The lowest BCUT2D eigenvalue weighted by molar-refractivity contribution is 0.101. The van der Waals surface area contributed by atoms with Gasteiger partial charge in [-0.2, -0.15) is 0 Å². The summed E-state index contributed by atoms with van der Waals surface area (Å²) in [6, 6.07) is 5.13. The molecule has 0 bridgehead atoms. The van der Waals surface area contributed by atoms with Gasteiger partial charge in [-0.25, -0.2) is 0 Å². The van der Waals surface area contributed by atoms with Crippen LogP contribution in [0.25, 0.3) is 0 Å². The molecular formula is C14H24N2O. The Labute approximate surface area is 104 Å². The number of likely N-dealkylation sites (tertiary alicyclic amines) is 1. The second-order valence-electron chi connectivity index (χ2n) is 5.12. The van der Waals surface area contributed by atoms with E-state index in [0.29, 0.717) is 18.0 Å². The van der Waals surface area contributed by atoms with Gasteiger partial charge >= 0.3 is 0 Å². The van der Waals surface area contributed by atoms with E-state index in [1.54, 1.807) is 6.26 Å². The van der Waals surface area contributed by atoms with Gasteiger partial charge in [-0.3, -0.25) is 4.90 Å². The molecule has 2 rings (SSSR count). The van der Waals surface area contributed by atoms with Crippen molar-refractivity contribution in [3.63, 3.8) is 0 Å². The van der Waals surface area contributed by atoms with Crippen LogP contribution in [-0.2, 0) is 0 Å². The summed E-state index contributed by atoms with van der Waals surface area (Å²) in [4.78, 5) is 2.53. The maximum absolute atomic E-state index is 5.50. The molecule has 1 aromatic rings. The maximum Gasteiger partial charge on any atom is 0.120 e. The molecule has 1 saturated heterocycles. The van der Waals surface area contributed by atoms with Crippen LogP contribution in [-0.4, -0.2) is 30.6 Å². The minimum atomic E-state index is 0.398. The first-order valence-electron chi connectivity index (χ1n) is 6.73. The van der Waals surface area contributed by atoms with Crippen molar-refractivity contribution in [3.8, 4) is 0 Å². The van der Waals surface area contributed by atoms with Crippen molar-refractivity contribution in [2.24, 2.45) is 5.92 Å². The van der Waals surface area contributed by atoms with E-state index in [-0.39, 0.29) is 0 Å². The number of nitrogens with one attached hydrogen (secondary N) is 1. The lowest BCUT2D eigenvalue weighted by Crippen LogP contribution is -2.48. The smallest absolute Gasteiger partial charge is 0.120 e. The van der Waals surface area contributed by atoms with Crippen molar-refractivity contribution in [1.29, 1.82) is 0 Å². The number of piperidine rings is 1. The molecule has 0 amide bonds. The largest absolute Gasteiger partial charge is 0.468 e. The molecule has 3 unspecified atom stereocenters. The highest BCUT2D eigenvalue weighted by Crippen LogP contribution is 2.26. The molecule has 96 valence electrons. The fourth-order valence-electron chi connectivity index (χ4n) is 2.80. The van der Waals surface area contributed by atoms with Gasteiger partial charge in [0.15, 0.2) is 0 Å². The summed E-state index contributed by atoms with van der Waals surface area (Å²) in [5, 5.41) is 3.58. The van der Waals surface area contributed by atoms with Crippen molar-refractivity contribution in [1.82, 2.24) is 10.2 Å². The number of hydrogen-bond donors (Lipinski definition) is 1. The van der Waals surface area contributed by atoms with Crippen LogP contribution in [0, 0.1) is 5.92 Å². The zero-order chi connectivity index (χ0) is 12.3. The van der Waals surface area contributed by atoms with Crippen LogP contribution in [0.5, 0.6) is 0 Å². The zero-order valence-electron chi connectivity index (χ0n) is 11.1. The third kappa shape index (κ3) is 2.90. The first-order chi connectivity index (χ1) is 8.22. The lowest BCUT2D eigenvalue weighted by atomic mass is 9.92. The van der Waals surface area contributed by atoms with Crippen LogP contribution in [0.1, 0.15) is 39.0 Å². The molecule has 1 aliphatic heterocycles. The summed E-state index contributed by atoms with van der Waals surface area (Å²) in [7, 11) is 0. The molecule has 1 N–H and O–H groups in total. The molecule has 0 saturated carbocycles. The van der Waals surface area contributed by atoms with E-state index >= 15 is 0 Å². The van der Waals surface area contributed by atoms with Gasteiger partial charge in [0.25, 0.3) is 0 Å².